The fourth-order valence-electron chi connectivity index (χ4n) is 2.64. The predicted octanol–water partition coefficient (Wildman–Crippen LogP) is 0.771. The van der Waals surface area contributed by atoms with Gasteiger partial charge in [-0.3, -0.25) is 20.4 Å². The van der Waals surface area contributed by atoms with Crippen LogP contribution in [0.4, 0.5) is 4.79 Å². The van der Waals surface area contributed by atoms with Crippen LogP contribution in [0.15, 0.2) is 30.3 Å². The van der Waals surface area contributed by atoms with E-state index in [0.717, 1.165) is 5.56 Å². The highest BCUT2D eigenvalue weighted by Gasteiger charge is 2.34. The Kier molecular flexibility index (Phi) is 6.75. The Balaban J connectivity index is 1.91. The molecule has 0 saturated carbocycles. The first-order chi connectivity index (χ1) is 12.6. The number of nitrogens with one attached hydrogen (secondary N) is 2. The number of benzene rings is 1. The van der Waals surface area contributed by atoms with Gasteiger partial charge in [0.05, 0.1) is 6.42 Å². The van der Waals surface area contributed by atoms with Crippen LogP contribution < -0.4 is 10.9 Å². The first-order valence-electron chi connectivity index (χ1n) is 8.71. The van der Waals surface area contributed by atoms with Crippen LogP contribution >= 0.6 is 0 Å². The van der Waals surface area contributed by atoms with Gasteiger partial charge in [0.25, 0.3) is 0 Å². The number of hydrazine groups is 2. The number of piperazine rings is 1. The number of amides is 2. The highest BCUT2D eigenvalue weighted by Crippen LogP contribution is 2.10. The van der Waals surface area contributed by atoms with Crippen molar-refractivity contribution in [3.05, 3.63) is 35.9 Å². The van der Waals surface area contributed by atoms with Gasteiger partial charge in [-0.2, -0.15) is 0 Å². The molecule has 1 aliphatic heterocycles. The predicted molar refractivity (Wildman–Crippen MR) is 97.4 cm³/mol. The summed E-state index contributed by atoms with van der Waals surface area (Å²) < 4.78 is 5.17. The average molecular weight is 378 g/mol. The van der Waals surface area contributed by atoms with Crippen molar-refractivity contribution >= 4 is 18.0 Å². The van der Waals surface area contributed by atoms with Crippen molar-refractivity contribution in [3.8, 4) is 0 Å². The van der Waals surface area contributed by atoms with Crippen LogP contribution in [-0.4, -0.2) is 64.4 Å². The molecular weight excluding hydrogens is 352 g/mol. The SMILES string of the molecule is CC(C)(C)OC(=O)NN1CCN(NC(=O)Cc2ccccc2)[C@H](C(=O)O)C1. The van der Waals surface area contributed by atoms with Crippen LogP contribution in [-0.2, 0) is 20.7 Å². The zero-order valence-corrected chi connectivity index (χ0v) is 15.8. The number of nitrogens with zero attached hydrogens (tertiary/aromatic N) is 2. The number of rotatable bonds is 5. The lowest BCUT2D eigenvalue weighted by Crippen LogP contribution is -2.65. The Morgan fingerprint density at radius 2 is 1.81 bits per heavy atom. The summed E-state index contributed by atoms with van der Waals surface area (Å²) in [6.45, 7) is 5.83. The van der Waals surface area contributed by atoms with Crippen molar-refractivity contribution in [1.29, 1.82) is 0 Å². The monoisotopic (exact) mass is 378 g/mol. The molecule has 1 heterocycles. The Morgan fingerprint density at radius 3 is 2.41 bits per heavy atom. The van der Waals surface area contributed by atoms with E-state index in [1.165, 1.54) is 10.0 Å². The summed E-state index contributed by atoms with van der Waals surface area (Å²) in [5, 5.41) is 12.4. The number of hydrogen-bond donors (Lipinski definition) is 3. The van der Waals surface area contributed by atoms with Gasteiger partial charge in [-0.1, -0.05) is 30.3 Å². The first kappa shape index (κ1) is 20.7. The van der Waals surface area contributed by atoms with Gasteiger partial charge in [0.2, 0.25) is 5.91 Å². The number of carboxylic acid groups (broad SMARTS) is 1. The van der Waals surface area contributed by atoms with Gasteiger partial charge in [-0.25, -0.2) is 14.8 Å². The molecule has 0 aliphatic carbocycles. The van der Waals surface area contributed by atoms with Crippen LogP contribution in [0.25, 0.3) is 0 Å². The average Bonchev–Trinajstić information content (AvgIpc) is 2.55. The van der Waals surface area contributed by atoms with Crippen LogP contribution in [0.1, 0.15) is 26.3 Å². The molecular formula is C18H26N4O5. The lowest BCUT2D eigenvalue weighted by molar-refractivity contribution is -0.150. The van der Waals surface area contributed by atoms with Crippen molar-refractivity contribution in [2.24, 2.45) is 0 Å². The van der Waals surface area contributed by atoms with Crippen molar-refractivity contribution in [2.75, 3.05) is 19.6 Å². The molecule has 27 heavy (non-hydrogen) atoms. The Hall–Kier alpha value is -2.65. The molecule has 9 heteroatoms. The fraction of sp³-hybridized carbons (Fsp3) is 0.500. The largest absolute Gasteiger partial charge is 0.480 e. The summed E-state index contributed by atoms with van der Waals surface area (Å²) in [6.07, 6.45) is -0.489. The molecule has 0 aromatic heterocycles. The standard InChI is InChI=1S/C18H26N4O5/c1-18(2,3)27-17(26)20-21-9-10-22(14(12-21)16(24)25)19-15(23)11-13-7-5-4-6-8-13/h4-8,14H,9-12H2,1-3H3,(H,19,23)(H,20,26)(H,24,25)/t14-/m0/s1. The minimum atomic E-state index is -1.09. The minimum absolute atomic E-state index is 0.0141. The van der Waals surface area contributed by atoms with Gasteiger partial charge in [0.1, 0.15) is 11.6 Å². The molecule has 148 valence electrons. The van der Waals surface area contributed by atoms with Gasteiger partial charge in [0.15, 0.2) is 0 Å². The molecule has 1 fully saturated rings. The van der Waals surface area contributed by atoms with Crippen molar-refractivity contribution in [3.63, 3.8) is 0 Å². The Bertz CT molecular complexity index is 674. The zero-order valence-electron chi connectivity index (χ0n) is 15.8. The third kappa shape index (κ3) is 6.87. The van der Waals surface area contributed by atoms with Gasteiger partial charge < -0.3 is 9.84 Å². The third-order valence-electron chi connectivity index (χ3n) is 3.79. The summed E-state index contributed by atoms with van der Waals surface area (Å²) >= 11 is 0. The molecule has 2 rings (SSSR count). The molecule has 1 saturated heterocycles. The van der Waals surface area contributed by atoms with E-state index in [1.54, 1.807) is 20.8 Å². The summed E-state index contributed by atoms with van der Waals surface area (Å²) in [4.78, 5) is 35.7. The molecule has 1 aromatic rings. The number of carboxylic acids is 1. The number of hydrogen-bond acceptors (Lipinski definition) is 6. The second kappa shape index (κ2) is 8.83. The van der Waals surface area contributed by atoms with E-state index in [9.17, 15) is 19.5 Å². The van der Waals surface area contributed by atoms with Crippen molar-refractivity contribution in [2.45, 2.75) is 38.8 Å². The summed E-state index contributed by atoms with van der Waals surface area (Å²) in [5.74, 6) is -1.38. The lowest BCUT2D eigenvalue weighted by atomic mass is 10.1. The summed E-state index contributed by atoms with van der Waals surface area (Å²) in [5.41, 5.74) is 5.39. The van der Waals surface area contributed by atoms with E-state index >= 15 is 0 Å². The molecule has 1 aliphatic rings. The second-order valence-electron chi connectivity index (χ2n) is 7.30. The van der Waals surface area contributed by atoms with Crippen LogP contribution in [0, 0.1) is 0 Å². The van der Waals surface area contributed by atoms with Gasteiger partial charge in [0, 0.05) is 19.6 Å². The van der Waals surface area contributed by atoms with Crippen LogP contribution in [0.3, 0.4) is 0 Å². The van der Waals surface area contributed by atoms with E-state index in [2.05, 4.69) is 10.9 Å². The topological polar surface area (TPSA) is 111 Å². The lowest BCUT2D eigenvalue weighted by Gasteiger charge is -2.39. The van der Waals surface area contributed by atoms with Crippen LogP contribution in [0.2, 0.25) is 0 Å². The summed E-state index contributed by atoms with van der Waals surface area (Å²) in [7, 11) is 0. The molecule has 0 bridgehead atoms. The number of ether oxygens (including phenoxy) is 1. The third-order valence-corrected chi connectivity index (χ3v) is 3.79. The van der Waals surface area contributed by atoms with Crippen molar-refractivity contribution < 1.29 is 24.2 Å². The van der Waals surface area contributed by atoms with Gasteiger partial charge >= 0.3 is 12.1 Å². The fourth-order valence-corrected chi connectivity index (χ4v) is 2.64. The van der Waals surface area contributed by atoms with Gasteiger partial charge in [-0.05, 0) is 26.3 Å². The maximum Gasteiger partial charge on any atom is 0.422 e. The van der Waals surface area contributed by atoms with E-state index in [-0.39, 0.29) is 25.4 Å². The van der Waals surface area contributed by atoms with E-state index < -0.39 is 23.7 Å². The first-order valence-corrected chi connectivity index (χ1v) is 8.71. The maximum atomic E-state index is 12.2. The molecule has 1 aromatic carbocycles. The molecule has 1 atom stereocenters. The number of aliphatic carboxylic acids is 1. The van der Waals surface area contributed by atoms with E-state index in [0.29, 0.717) is 6.54 Å². The Morgan fingerprint density at radius 1 is 1.15 bits per heavy atom. The summed E-state index contributed by atoms with van der Waals surface area (Å²) in [6, 6.07) is 8.20. The molecule has 3 N–H and O–H groups in total. The van der Waals surface area contributed by atoms with Crippen LogP contribution in [0.5, 0.6) is 0 Å². The smallest absolute Gasteiger partial charge is 0.422 e. The molecule has 0 spiro atoms. The van der Waals surface area contributed by atoms with E-state index in [4.69, 9.17) is 4.74 Å². The molecule has 9 nitrogen and oxygen atoms in total. The van der Waals surface area contributed by atoms with Crippen molar-refractivity contribution in [1.82, 2.24) is 20.9 Å². The quantitative estimate of drug-likeness (QED) is 0.694. The highest BCUT2D eigenvalue weighted by molar-refractivity contribution is 5.79. The Labute approximate surface area is 158 Å². The van der Waals surface area contributed by atoms with E-state index in [1.807, 2.05) is 30.3 Å². The molecule has 0 unspecified atom stereocenters. The zero-order chi connectivity index (χ0) is 20.0. The molecule has 0 radical (unpaired) electrons. The molecule has 2 amide bonds. The normalized spacial score (nSPS) is 18.6. The minimum Gasteiger partial charge on any atom is -0.480 e. The second-order valence-corrected chi connectivity index (χ2v) is 7.30. The number of carbonyl (C=O) groups excluding carboxylic acids is 2. The number of carbonyl (C=O) groups is 3. The highest BCUT2D eigenvalue weighted by atomic mass is 16.6. The van der Waals surface area contributed by atoms with Gasteiger partial charge in [-0.15, -0.1) is 0 Å². The maximum absolute atomic E-state index is 12.2.